The Morgan fingerprint density at radius 2 is 1.21 bits per heavy atom. The molecule has 2 aromatic carbocycles. The highest BCUT2D eigenvalue weighted by Crippen LogP contribution is 2.29. The van der Waals surface area contributed by atoms with Crippen LogP contribution in [0.25, 0.3) is 11.0 Å². The van der Waals surface area contributed by atoms with Crippen LogP contribution in [0.2, 0.25) is 0 Å². The van der Waals surface area contributed by atoms with Crippen LogP contribution in [-0.4, -0.2) is 27.0 Å². The molecule has 3 aromatic rings. The van der Waals surface area contributed by atoms with Crippen molar-refractivity contribution in [3.8, 4) is 0 Å². The van der Waals surface area contributed by atoms with Crippen LogP contribution in [0, 0.1) is 0 Å². The van der Waals surface area contributed by atoms with E-state index in [0.717, 1.165) is 0 Å². The monoisotopic (exact) mass is 249 g/mol. The van der Waals surface area contributed by atoms with Gasteiger partial charge in [0.25, 0.3) is 0 Å². The summed E-state index contributed by atoms with van der Waals surface area (Å²) in [4.78, 5) is 24.8. The van der Waals surface area contributed by atoms with E-state index in [0.29, 0.717) is 33.3 Å². The summed E-state index contributed by atoms with van der Waals surface area (Å²) in [5.74, 6) is -0.287. The molecule has 0 radical (unpaired) electrons. The van der Waals surface area contributed by atoms with Gasteiger partial charge in [-0.1, -0.05) is 24.3 Å². The molecule has 5 heteroatoms. The van der Waals surface area contributed by atoms with E-state index in [2.05, 4.69) is 15.4 Å². The lowest BCUT2D eigenvalue weighted by Gasteiger charge is -2.16. The molecule has 1 aromatic heterocycles. The summed E-state index contributed by atoms with van der Waals surface area (Å²) >= 11 is 0. The SMILES string of the molecule is O=C1c2ccccc2C(=O)c2cc3n[nH]nc3cc21. The van der Waals surface area contributed by atoms with Gasteiger partial charge < -0.3 is 0 Å². The van der Waals surface area contributed by atoms with Crippen LogP contribution in [0.3, 0.4) is 0 Å². The van der Waals surface area contributed by atoms with Crippen LogP contribution in [0.4, 0.5) is 0 Å². The molecule has 19 heavy (non-hydrogen) atoms. The number of rotatable bonds is 0. The lowest BCUT2D eigenvalue weighted by atomic mass is 9.84. The van der Waals surface area contributed by atoms with Crippen LogP contribution < -0.4 is 0 Å². The highest BCUT2D eigenvalue weighted by molar-refractivity contribution is 6.29. The number of hydrogen-bond acceptors (Lipinski definition) is 4. The van der Waals surface area contributed by atoms with Gasteiger partial charge in [0.1, 0.15) is 11.0 Å². The molecule has 0 amide bonds. The van der Waals surface area contributed by atoms with Gasteiger partial charge in [-0.25, -0.2) is 0 Å². The molecule has 1 aliphatic rings. The molecule has 1 N–H and O–H groups in total. The summed E-state index contributed by atoms with van der Waals surface area (Å²) < 4.78 is 0. The van der Waals surface area contributed by atoms with E-state index in [1.807, 2.05) is 0 Å². The lowest BCUT2D eigenvalue weighted by molar-refractivity contribution is 0.0979. The third kappa shape index (κ3) is 1.24. The first-order valence-electron chi connectivity index (χ1n) is 5.78. The number of aromatic nitrogens is 3. The summed E-state index contributed by atoms with van der Waals surface area (Å²) in [6.07, 6.45) is 0. The normalized spacial score (nSPS) is 13.5. The van der Waals surface area contributed by atoms with Crippen LogP contribution >= 0.6 is 0 Å². The minimum atomic E-state index is -0.143. The molecule has 4 rings (SSSR count). The van der Waals surface area contributed by atoms with Gasteiger partial charge in [-0.2, -0.15) is 15.4 Å². The fourth-order valence-electron chi connectivity index (χ4n) is 2.43. The first-order valence-corrected chi connectivity index (χ1v) is 5.78. The quantitative estimate of drug-likeness (QED) is 0.515. The minimum Gasteiger partial charge on any atom is -0.289 e. The summed E-state index contributed by atoms with van der Waals surface area (Å²) in [6, 6.07) is 10.1. The molecule has 1 heterocycles. The van der Waals surface area contributed by atoms with E-state index >= 15 is 0 Å². The maximum Gasteiger partial charge on any atom is 0.194 e. The smallest absolute Gasteiger partial charge is 0.194 e. The molecular formula is C14H7N3O2. The molecule has 0 bridgehead atoms. The fourth-order valence-corrected chi connectivity index (χ4v) is 2.43. The number of H-pyrrole nitrogens is 1. The van der Waals surface area contributed by atoms with E-state index in [9.17, 15) is 9.59 Å². The Morgan fingerprint density at radius 1 is 0.737 bits per heavy atom. The lowest BCUT2D eigenvalue weighted by Crippen LogP contribution is -2.20. The largest absolute Gasteiger partial charge is 0.289 e. The van der Waals surface area contributed by atoms with E-state index < -0.39 is 0 Å². The van der Waals surface area contributed by atoms with Crippen molar-refractivity contribution in [2.45, 2.75) is 0 Å². The van der Waals surface area contributed by atoms with E-state index in [-0.39, 0.29) is 11.6 Å². The van der Waals surface area contributed by atoms with Crippen LogP contribution in [0.5, 0.6) is 0 Å². The van der Waals surface area contributed by atoms with E-state index in [1.165, 1.54) is 0 Å². The maximum atomic E-state index is 12.4. The number of nitrogens with one attached hydrogen (secondary N) is 1. The zero-order valence-electron chi connectivity index (χ0n) is 9.68. The molecular weight excluding hydrogens is 242 g/mol. The number of hydrogen-bond donors (Lipinski definition) is 1. The first kappa shape index (κ1) is 10.1. The molecule has 0 saturated carbocycles. The second-order valence-electron chi connectivity index (χ2n) is 4.41. The standard InChI is InChI=1S/C14H7N3O2/c18-13-7-3-1-2-4-8(7)14(19)10-6-12-11(5-9(10)13)15-17-16-12/h1-6H,(H,15,16,17). The second-order valence-corrected chi connectivity index (χ2v) is 4.41. The summed E-state index contributed by atoms with van der Waals surface area (Å²) in [7, 11) is 0. The van der Waals surface area contributed by atoms with Crippen molar-refractivity contribution in [3.05, 3.63) is 58.7 Å². The number of fused-ring (bicyclic) bond motifs is 3. The van der Waals surface area contributed by atoms with Crippen LogP contribution in [-0.2, 0) is 0 Å². The molecule has 90 valence electrons. The van der Waals surface area contributed by atoms with Gasteiger partial charge in [0.2, 0.25) is 0 Å². The van der Waals surface area contributed by atoms with Gasteiger partial charge in [-0.15, -0.1) is 0 Å². The van der Waals surface area contributed by atoms with Crippen molar-refractivity contribution in [2.75, 3.05) is 0 Å². The summed E-state index contributed by atoms with van der Waals surface area (Å²) in [6.45, 7) is 0. The molecule has 0 aliphatic heterocycles. The Bertz CT molecular complexity index is 795. The molecule has 0 saturated heterocycles. The topological polar surface area (TPSA) is 75.7 Å². The van der Waals surface area contributed by atoms with Crippen molar-refractivity contribution in [3.63, 3.8) is 0 Å². The highest BCUT2D eigenvalue weighted by Gasteiger charge is 2.30. The van der Waals surface area contributed by atoms with E-state index in [4.69, 9.17) is 0 Å². The Hall–Kier alpha value is -2.82. The predicted molar refractivity (Wildman–Crippen MR) is 67.2 cm³/mol. The Labute approximate surface area is 107 Å². The van der Waals surface area contributed by atoms with Crippen molar-refractivity contribution in [2.24, 2.45) is 0 Å². The Morgan fingerprint density at radius 3 is 1.68 bits per heavy atom. The summed E-state index contributed by atoms with van der Waals surface area (Å²) in [5, 5.41) is 10.4. The number of ketones is 2. The average Bonchev–Trinajstić information content (AvgIpc) is 2.90. The van der Waals surface area contributed by atoms with Crippen LogP contribution in [0.1, 0.15) is 31.8 Å². The van der Waals surface area contributed by atoms with E-state index in [1.54, 1.807) is 36.4 Å². The number of carbonyl (C=O) groups is 2. The third-order valence-corrected chi connectivity index (χ3v) is 3.36. The third-order valence-electron chi connectivity index (χ3n) is 3.36. The van der Waals surface area contributed by atoms with Gasteiger partial charge in [0.15, 0.2) is 11.6 Å². The van der Waals surface area contributed by atoms with Crippen molar-refractivity contribution >= 4 is 22.6 Å². The molecule has 0 atom stereocenters. The zero-order valence-corrected chi connectivity index (χ0v) is 9.68. The minimum absolute atomic E-state index is 0.143. The van der Waals surface area contributed by atoms with Gasteiger partial charge >= 0.3 is 0 Å². The molecule has 5 nitrogen and oxygen atoms in total. The van der Waals surface area contributed by atoms with Gasteiger partial charge in [-0.05, 0) is 12.1 Å². The molecule has 0 spiro atoms. The van der Waals surface area contributed by atoms with Gasteiger partial charge in [-0.3, -0.25) is 9.59 Å². The average molecular weight is 249 g/mol. The number of benzene rings is 2. The van der Waals surface area contributed by atoms with Crippen molar-refractivity contribution in [1.29, 1.82) is 0 Å². The molecule has 1 aliphatic carbocycles. The number of aromatic amines is 1. The Kier molecular flexibility index (Phi) is 1.79. The summed E-state index contributed by atoms with van der Waals surface area (Å²) in [5.41, 5.74) is 2.85. The highest BCUT2D eigenvalue weighted by atomic mass is 16.1. The van der Waals surface area contributed by atoms with Gasteiger partial charge in [0, 0.05) is 22.3 Å². The van der Waals surface area contributed by atoms with Crippen molar-refractivity contribution < 1.29 is 9.59 Å². The zero-order chi connectivity index (χ0) is 13.0. The maximum absolute atomic E-state index is 12.4. The Balaban J connectivity index is 2.09. The second kappa shape index (κ2) is 3.35. The fraction of sp³-hybridized carbons (Fsp3) is 0. The van der Waals surface area contributed by atoms with Gasteiger partial charge in [0.05, 0.1) is 0 Å². The predicted octanol–water partition coefficient (Wildman–Crippen LogP) is 1.73. The van der Waals surface area contributed by atoms with Crippen LogP contribution in [0.15, 0.2) is 36.4 Å². The molecule has 0 unspecified atom stereocenters. The molecule has 0 fully saturated rings. The number of carbonyl (C=O) groups excluding carboxylic acids is 2. The van der Waals surface area contributed by atoms with Crippen molar-refractivity contribution in [1.82, 2.24) is 15.4 Å². The number of nitrogens with zero attached hydrogens (tertiary/aromatic N) is 2. The first-order chi connectivity index (χ1) is 9.25.